The van der Waals surface area contributed by atoms with Gasteiger partial charge >= 0.3 is 0 Å². The molecule has 3 nitrogen and oxygen atoms in total. The first-order chi connectivity index (χ1) is 9.34. The molecule has 1 aliphatic carbocycles. The Hall–Kier alpha value is -0.120. The predicted octanol–water partition coefficient (Wildman–Crippen LogP) is 2.10. The molecule has 3 rings (SSSR count). The molecule has 19 heavy (non-hydrogen) atoms. The van der Waals surface area contributed by atoms with Crippen molar-refractivity contribution < 1.29 is 5.11 Å². The average molecular weight is 266 g/mol. The molecule has 0 aromatic carbocycles. The highest BCUT2D eigenvalue weighted by molar-refractivity contribution is 4.91. The molecule has 3 fully saturated rings. The summed E-state index contributed by atoms with van der Waals surface area (Å²) in [7, 11) is 0. The third kappa shape index (κ3) is 3.32. The van der Waals surface area contributed by atoms with Crippen LogP contribution in [0.4, 0.5) is 0 Å². The van der Waals surface area contributed by atoms with Gasteiger partial charge in [-0.1, -0.05) is 12.8 Å². The second-order valence-electron chi connectivity index (χ2n) is 6.81. The van der Waals surface area contributed by atoms with Crippen LogP contribution in [0.1, 0.15) is 51.4 Å². The highest BCUT2D eigenvalue weighted by Gasteiger charge is 2.37. The lowest BCUT2D eigenvalue weighted by Gasteiger charge is -2.34. The fourth-order valence-electron chi connectivity index (χ4n) is 4.49. The number of rotatable bonds is 4. The number of hydrogen-bond acceptors (Lipinski definition) is 3. The zero-order valence-electron chi connectivity index (χ0n) is 12.3. The van der Waals surface area contributed by atoms with E-state index >= 15 is 0 Å². The van der Waals surface area contributed by atoms with E-state index in [-0.39, 0.29) is 6.10 Å². The molecule has 3 unspecified atom stereocenters. The van der Waals surface area contributed by atoms with E-state index in [1.54, 1.807) is 0 Å². The summed E-state index contributed by atoms with van der Waals surface area (Å²) in [5.41, 5.74) is 0. The van der Waals surface area contributed by atoms with Gasteiger partial charge in [0.1, 0.15) is 0 Å². The Morgan fingerprint density at radius 2 is 1.63 bits per heavy atom. The first kappa shape index (κ1) is 13.8. The van der Waals surface area contributed by atoms with Gasteiger partial charge in [-0.15, -0.1) is 0 Å². The van der Waals surface area contributed by atoms with Crippen LogP contribution in [0.3, 0.4) is 0 Å². The number of hydrogen-bond donors (Lipinski definition) is 1. The molecule has 2 heterocycles. The largest absolute Gasteiger partial charge is 0.393 e. The second kappa shape index (κ2) is 6.55. The van der Waals surface area contributed by atoms with Crippen LogP contribution in [0.15, 0.2) is 0 Å². The normalized spacial score (nSPS) is 38.1. The van der Waals surface area contributed by atoms with Gasteiger partial charge in [-0.3, -0.25) is 4.90 Å². The van der Waals surface area contributed by atoms with Crippen LogP contribution >= 0.6 is 0 Å². The lowest BCUT2D eigenvalue weighted by molar-refractivity contribution is 0.0688. The first-order valence-electron chi connectivity index (χ1n) is 8.49. The summed E-state index contributed by atoms with van der Waals surface area (Å²) in [5, 5.41) is 10.1. The van der Waals surface area contributed by atoms with E-state index in [0.29, 0.717) is 12.0 Å². The molecule has 110 valence electrons. The van der Waals surface area contributed by atoms with Crippen LogP contribution in [0.25, 0.3) is 0 Å². The lowest BCUT2D eigenvalue weighted by atomic mass is 9.94. The van der Waals surface area contributed by atoms with E-state index in [0.717, 1.165) is 6.42 Å². The van der Waals surface area contributed by atoms with Crippen molar-refractivity contribution in [3.8, 4) is 0 Å². The fraction of sp³-hybridized carbons (Fsp3) is 1.00. The molecule has 1 N–H and O–H groups in total. The number of likely N-dealkylation sites (tertiary alicyclic amines) is 2. The SMILES string of the molecule is OC1CCCC1C1CCCN1CCN1CCCCC1. The summed E-state index contributed by atoms with van der Waals surface area (Å²) in [6.07, 6.45) is 10.4. The molecule has 1 saturated carbocycles. The van der Waals surface area contributed by atoms with Crippen LogP contribution in [-0.4, -0.2) is 59.8 Å². The molecule has 0 spiro atoms. The van der Waals surface area contributed by atoms with Crippen LogP contribution < -0.4 is 0 Å². The Bertz CT molecular complexity index is 278. The third-order valence-electron chi connectivity index (χ3n) is 5.59. The first-order valence-corrected chi connectivity index (χ1v) is 8.49. The summed E-state index contributed by atoms with van der Waals surface area (Å²) < 4.78 is 0. The van der Waals surface area contributed by atoms with Gasteiger partial charge in [0.2, 0.25) is 0 Å². The maximum atomic E-state index is 10.1. The Morgan fingerprint density at radius 3 is 2.37 bits per heavy atom. The van der Waals surface area contributed by atoms with Crippen molar-refractivity contribution >= 4 is 0 Å². The zero-order chi connectivity index (χ0) is 13.1. The van der Waals surface area contributed by atoms with E-state index < -0.39 is 0 Å². The summed E-state index contributed by atoms with van der Waals surface area (Å²) in [5.74, 6) is 0.573. The molecule has 0 bridgehead atoms. The van der Waals surface area contributed by atoms with Crippen LogP contribution in [0, 0.1) is 5.92 Å². The minimum absolute atomic E-state index is 0.0133. The number of aliphatic hydroxyl groups is 1. The van der Waals surface area contributed by atoms with Gasteiger partial charge in [-0.25, -0.2) is 0 Å². The van der Waals surface area contributed by atoms with Gasteiger partial charge in [0.25, 0.3) is 0 Å². The number of aliphatic hydroxyl groups excluding tert-OH is 1. The van der Waals surface area contributed by atoms with Crippen molar-refractivity contribution in [2.45, 2.75) is 63.5 Å². The average Bonchev–Trinajstić information content (AvgIpc) is 3.05. The van der Waals surface area contributed by atoms with E-state index in [2.05, 4.69) is 9.80 Å². The Morgan fingerprint density at radius 1 is 0.789 bits per heavy atom. The molecule has 0 amide bonds. The van der Waals surface area contributed by atoms with Crippen LogP contribution in [0.2, 0.25) is 0 Å². The minimum atomic E-state index is -0.0133. The number of piperidine rings is 1. The van der Waals surface area contributed by atoms with E-state index in [9.17, 15) is 5.11 Å². The maximum Gasteiger partial charge on any atom is 0.0583 e. The van der Waals surface area contributed by atoms with E-state index in [4.69, 9.17) is 0 Å². The highest BCUT2D eigenvalue weighted by atomic mass is 16.3. The van der Waals surface area contributed by atoms with Crippen molar-refractivity contribution in [3.05, 3.63) is 0 Å². The fourth-order valence-corrected chi connectivity index (χ4v) is 4.49. The minimum Gasteiger partial charge on any atom is -0.393 e. The van der Waals surface area contributed by atoms with Gasteiger partial charge in [0.05, 0.1) is 6.10 Å². The smallest absolute Gasteiger partial charge is 0.0583 e. The summed E-state index contributed by atoms with van der Waals surface area (Å²) in [6.45, 7) is 6.37. The van der Waals surface area contributed by atoms with Gasteiger partial charge in [0.15, 0.2) is 0 Å². The zero-order valence-corrected chi connectivity index (χ0v) is 12.3. The molecule has 0 aromatic rings. The van der Waals surface area contributed by atoms with Gasteiger partial charge in [-0.05, 0) is 58.2 Å². The van der Waals surface area contributed by atoms with Gasteiger partial charge in [0, 0.05) is 25.0 Å². The quantitative estimate of drug-likeness (QED) is 0.844. The van der Waals surface area contributed by atoms with Crippen LogP contribution in [-0.2, 0) is 0 Å². The Labute approximate surface area is 118 Å². The third-order valence-corrected chi connectivity index (χ3v) is 5.59. The van der Waals surface area contributed by atoms with Crippen molar-refractivity contribution in [2.75, 3.05) is 32.7 Å². The Balaban J connectivity index is 1.48. The molecule has 3 heteroatoms. The molecule has 2 aliphatic heterocycles. The number of nitrogens with zero attached hydrogens (tertiary/aromatic N) is 2. The lowest BCUT2D eigenvalue weighted by Crippen LogP contribution is -2.43. The molecule has 0 aromatic heterocycles. The highest BCUT2D eigenvalue weighted by Crippen LogP contribution is 2.35. The van der Waals surface area contributed by atoms with E-state index in [1.807, 2.05) is 0 Å². The molecule has 2 saturated heterocycles. The maximum absolute atomic E-state index is 10.1. The van der Waals surface area contributed by atoms with Crippen molar-refractivity contribution in [2.24, 2.45) is 5.92 Å². The van der Waals surface area contributed by atoms with Crippen LogP contribution in [0.5, 0.6) is 0 Å². The monoisotopic (exact) mass is 266 g/mol. The predicted molar refractivity (Wildman–Crippen MR) is 78.2 cm³/mol. The standard InChI is InChI=1S/C16H30N2O/c19-16-8-4-6-14(16)15-7-5-11-18(15)13-12-17-9-2-1-3-10-17/h14-16,19H,1-13H2. The molecular formula is C16H30N2O. The molecule has 3 aliphatic rings. The molecular weight excluding hydrogens is 236 g/mol. The van der Waals surface area contributed by atoms with Gasteiger partial charge in [-0.2, -0.15) is 0 Å². The molecule has 0 radical (unpaired) electrons. The Kier molecular flexibility index (Phi) is 4.78. The van der Waals surface area contributed by atoms with Crippen molar-refractivity contribution in [1.82, 2.24) is 9.80 Å². The second-order valence-corrected chi connectivity index (χ2v) is 6.81. The summed E-state index contributed by atoms with van der Waals surface area (Å²) >= 11 is 0. The van der Waals surface area contributed by atoms with Crippen molar-refractivity contribution in [1.29, 1.82) is 0 Å². The van der Waals surface area contributed by atoms with Gasteiger partial charge < -0.3 is 10.0 Å². The summed E-state index contributed by atoms with van der Waals surface area (Å²) in [4.78, 5) is 5.33. The van der Waals surface area contributed by atoms with E-state index in [1.165, 1.54) is 77.7 Å². The topological polar surface area (TPSA) is 26.7 Å². The molecule has 3 atom stereocenters. The van der Waals surface area contributed by atoms with Crippen molar-refractivity contribution in [3.63, 3.8) is 0 Å². The summed E-state index contributed by atoms with van der Waals surface area (Å²) in [6, 6.07) is 0.683.